The number of nitrogens with zero attached hydrogens (tertiary/aromatic N) is 2. The molecule has 0 atom stereocenters. The van der Waals surface area contributed by atoms with Crippen molar-refractivity contribution in [1.82, 2.24) is 9.55 Å². The van der Waals surface area contributed by atoms with Gasteiger partial charge in [-0.3, -0.25) is 4.79 Å². The van der Waals surface area contributed by atoms with Crippen LogP contribution < -0.4 is 5.56 Å². The fourth-order valence-electron chi connectivity index (χ4n) is 0.467. The average Bonchev–Trinajstić information content (AvgIpc) is 1.83. The first-order valence-corrected chi connectivity index (χ1v) is 3.47. The van der Waals surface area contributed by atoms with Gasteiger partial charge in [-0.15, -0.1) is 0 Å². The first-order valence-electron chi connectivity index (χ1n) is 2.39. The Morgan fingerprint density at radius 1 is 1.78 bits per heavy atom. The van der Waals surface area contributed by atoms with Gasteiger partial charge < -0.3 is 4.57 Å². The summed E-state index contributed by atoms with van der Waals surface area (Å²) in [4.78, 5) is 14.7. The molecule has 9 heavy (non-hydrogen) atoms. The van der Waals surface area contributed by atoms with Crippen molar-refractivity contribution in [3.8, 4) is 0 Å². The topological polar surface area (TPSA) is 34.9 Å². The molecule has 0 aliphatic heterocycles. The monoisotopic (exact) mass is 236 g/mol. The van der Waals surface area contributed by atoms with E-state index < -0.39 is 0 Å². The van der Waals surface area contributed by atoms with Crippen molar-refractivity contribution in [3.63, 3.8) is 0 Å². The molecule has 3 nitrogen and oxygen atoms in total. The quantitative estimate of drug-likeness (QED) is 0.610. The molecular weight excluding hydrogens is 231 g/mol. The molecule has 0 spiro atoms. The molecule has 4 heteroatoms. The van der Waals surface area contributed by atoms with E-state index in [9.17, 15) is 4.79 Å². The predicted molar refractivity (Wildman–Crippen MR) is 42.2 cm³/mol. The van der Waals surface area contributed by atoms with Gasteiger partial charge in [0, 0.05) is 19.4 Å². The molecule has 1 aromatic rings. The molecule has 0 radical (unpaired) electrons. The van der Waals surface area contributed by atoms with E-state index in [1.54, 1.807) is 19.4 Å². The maximum Gasteiger partial charge on any atom is 0.282 e. The second kappa shape index (κ2) is 2.47. The van der Waals surface area contributed by atoms with E-state index in [0.717, 1.165) is 0 Å². The van der Waals surface area contributed by atoms with Gasteiger partial charge in [0.1, 0.15) is 0 Å². The second-order valence-electron chi connectivity index (χ2n) is 1.63. The highest BCUT2D eigenvalue weighted by atomic mass is 127. The minimum absolute atomic E-state index is 0.0434. The highest BCUT2D eigenvalue weighted by molar-refractivity contribution is 14.1. The summed E-state index contributed by atoms with van der Waals surface area (Å²) in [7, 11) is 1.70. The summed E-state index contributed by atoms with van der Waals surface area (Å²) in [5.41, 5.74) is -0.0434. The molecule has 1 aromatic heterocycles. The molecular formula is C5H5IN2O. The van der Waals surface area contributed by atoms with Crippen molar-refractivity contribution in [3.05, 3.63) is 26.4 Å². The lowest BCUT2D eigenvalue weighted by molar-refractivity contribution is 0.828. The van der Waals surface area contributed by atoms with Crippen LogP contribution in [0, 0.1) is 3.70 Å². The molecule has 0 saturated carbocycles. The summed E-state index contributed by atoms with van der Waals surface area (Å²) in [6, 6.07) is 0. The fraction of sp³-hybridized carbons (Fsp3) is 0.200. The number of hydrogen-bond acceptors (Lipinski definition) is 2. The molecule has 0 unspecified atom stereocenters. The van der Waals surface area contributed by atoms with Gasteiger partial charge in [0.15, 0.2) is 3.70 Å². The fourth-order valence-corrected chi connectivity index (χ4v) is 1.01. The standard InChI is InChI=1S/C5H5IN2O/c1-8-3-2-7-4(6)5(8)9/h2-3H,1H3. The van der Waals surface area contributed by atoms with Gasteiger partial charge in [-0.2, -0.15) is 0 Å². The highest BCUT2D eigenvalue weighted by Gasteiger charge is 1.93. The third-order valence-electron chi connectivity index (χ3n) is 0.975. The summed E-state index contributed by atoms with van der Waals surface area (Å²) in [5.74, 6) is 0. The Morgan fingerprint density at radius 3 is 2.89 bits per heavy atom. The molecule has 0 aliphatic carbocycles. The van der Waals surface area contributed by atoms with E-state index in [4.69, 9.17) is 0 Å². The van der Waals surface area contributed by atoms with Crippen LogP contribution in [-0.2, 0) is 7.05 Å². The van der Waals surface area contributed by atoms with Crippen LogP contribution in [0.3, 0.4) is 0 Å². The third-order valence-corrected chi connectivity index (χ3v) is 1.71. The Balaban J connectivity index is 3.43. The van der Waals surface area contributed by atoms with E-state index >= 15 is 0 Å². The van der Waals surface area contributed by atoms with E-state index in [1.807, 2.05) is 22.6 Å². The lowest BCUT2D eigenvalue weighted by Crippen LogP contribution is -2.19. The number of aromatic nitrogens is 2. The molecule has 1 rings (SSSR count). The minimum Gasteiger partial charge on any atom is -0.315 e. The van der Waals surface area contributed by atoms with Gasteiger partial charge in [0.2, 0.25) is 0 Å². The Morgan fingerprint density at radius 2 is 2.44 bits per heavy atom. The normalized spacial score (nSPS) is 9.56. The van der Waals surface area contributed by atoms with E-state index in [1.165, 1.54) is 4.57 Å². The zero-order valence-electron chi connectivity index (χ0n) is 4.84. The van der Waals surface area contributed by atoms with Crippen molar-refractivity contribution in [1.29, 1.82) is 0 Å². The molecule has 1 heterocycles. The summed E-state index contributed by atoms with van der Waals surface area (Å²) in [6.45, 7) is 0. The van der Waals surface area contributed by atoms with Gasteiger partial charge in [-0.25, -0.2) is 4.98 Å². The zero-order chi connectivity index (χ0) is 6.85. The van der Waals surface area contributed by atoms with Crippen LogP contribution in [0.2, 0.25) is 0 Å². The van der Waals surface area contributed by atoms with Crippen molar-refractivity contribution >= 4 is 22.6 Å². The smallest absolute Gasteiger partial charge is 0.282 e. The summed E-state index contributed by atoms with van der Waals surface area (Å²) in [5, 5.41) is 0. The number of aryl methyl sites for hydroxylation is 1. The maximum atomic E-state index is 10.9. The predicted octanol–water partition coefficient (Wildman–Crippen LogP) is 0.385. The van der Waals surface area contributed by atoms with Crippen LogP contribution in [-0.4, -0.2) is 9.55 Å². The minimum atomic E-state index is -0.0434. The maximum absolute atomic E-state index is 10.9. The van der Waals surface area contributed by atoms with Gasteiger partial charge in [-0.05, 0) is 22.6 Å². The van der Waals surface area contributed by atoms with Gasteiger partial charge in [0.05, 0.1) is 0 Å². The molecule has 48 valence electrons. The van der Waals surface area contributed by atoms with Crippen LogP contribution in [0.5, 0.6) is 0 Å². The van der Waals surface area contributed by atoms with Gasteiger partial charge in [0.25, 0.3) is 5.56 Å². The Hall–Kier alpha value is -0.390. The Labute approximate surface area is 65.9 Å². The van der Waals surface area contributed by atoms with E-state index in [-0.39, 0.29) is 5.56 Å². The number of rotatable bonds is 0. The Kier molecular flexibility index (Phi) is 1.84. The SMILES string of the molecule is Cn1ccnc(I)c1=O. The van der Waals surface area contributed by atoms with Crippen LogP contribution in [0.25, 0.3) is 0 Å². The molecule has 0 aliphatic rings. The molecule has 0 amide bonds. The Bertz CT molecular complexity index is 245. The highest BCUT2D eigenvalue weighted by Crippen LogP contribution is 1.87. The van der Waals surface area contributed by atoms with Gasteiger partial charge >= 0.3 is 0 Å². The zero-order valence-corrected chi connectivity index (χ0v) is 6.99. The second-order valence-corrected chi connectivity index (χ2v) is 2.66. The van der Waals surface area contributed by atoms with E-state index in [0.29, 0.717) is 3.70 Å². The number of hydrogen-bond donors (Lipinski definition) is 0. The lowest BCUT2D eigenvalue weighted by Gasteiger charge is -1.92. The van der Waals surface area contributed by atoms with Crippen LogP contribution in [0.1, 0.15) is 0 Å². The molecule has 0 N–H and O–H groups in total. The molecule has 0 saturated heterocycles. The van der Waals surface area contributed by atoms with Gasteiger partial charge in [-0.1, -0.05) is 0 Å². The van der Waals surface area contributed by atoms with Crippen LogP contribution in [0.4, 0.5) is 0 Å². The summed E-state index contributed by atoms with van der Waals surface area (Å²) in [6.07, 6.45) is 3.23. The first-order chi connectivity index (χ1) is 4.22. The largest absolute Gasteiger partial charge is 0.315 e. The first kappa shape index (κ1) is 6.73. The van der Waals surface area contributed by atoms with Crippen LogP contribution >= 0.6 is 22.6 Å². The van der Waals surface area contributed by atoms with Crippen molar-refractivity contribution < 1.29 is 0 Å². The molecule has 0 aromatic carbocycles. The van der Waals surface area contributed by atoms with E-state index in [2.05, 4.69) is 4.98 Å². The average molecular weight is 236 g/mol. The van der Waals surface area contributed by atoms with Crippen LogP contribution in [0.15, 0.2) is 17.2 Å². The third kappa shape index (κ3) is 1.29. The summed E-state index contributed by atoms with van der Waals surface area (Å²) < 4.78 is 2.01. The van der Waals surface area contributed by atoms with Crippen molar-refractivity contribution in [2.45, 2.75) is 0 Å². The number of halogens is 1. The molecule has 0 fully saturated rings. The van der Waals surface area contributed by atoms with Crippen molar-refractivity contribution in [2.24, 2.45) is 7.05 Å². The molecule has 0 bridgehead atoms. The summed E-state index contributed by atoms with van der Waals surface area (Å²) >= 11 is 1.91. The lowest BCUT2D eigenvalue weighted by atomic mass is 10.7. The van der Waals surface area contributed by atoms with Crippen molar-refractivity contribution in [2.75, 3.05) is 0 Å².